The molecule has 0 atom stereocenters. The van der Waals surface area contributed by atoms with Gasteiger partial charge in [0.15, 0.2) is 0 Å². The number of hydrazine groups is 1. The van der Waals surface area contributed by atoms with Gasteiger partial charge in [-0.15, -0.1) is 0 Å². The molecule has 1 aliphatic carbocycles. The van der Waals surface area contributed by atoms with Crippen LogP contribution in [0.1, 0.15) is 63.2 Å². The molecule has 2 aromatic rings. The van der Waals surface area contributed by atoms with Gasteiger partial charge in [0.25, 0.3) is 11.8 Å². The van der Waals surface area contributed by atoms with Crippen LogP contribution in [-0.4, -0.2) is 28.8 Å². The Balaban J connectivity index is 1.55. The van der Waals surface area contributed by atoms with Crippen LogP contribution < -0.4 is 16.2 Å². The molecule has 0 bridgehead atoms. The van der Waals surface area contributed by atoms with Gasteiger partial charge >= 0.3 is 5.97 Å². The molecule has 1 fully saturated rings. The number of benzene rings is 2. The summed E-state index contributed by atoms with van der Waals surface area (Å²) < 4.78 is 0. The fourth-order valence-corrected chi connectivity index (χ4v) is 3.43. The quantitative estimate of drug-likeness (QED) is 0.565. The van der Waals surface area contributed by atoms with Gasteiger partial charge in [-0.1, -0.05) is 31.4 Å². The van der Waals surface area contributed by atoms with Crippen LogP contribution in [-0.2, 0) is 4.79 Å². The van der Waals surface area contributed by atoms with E-state index in [9.17, 15) is 19.2 Å². The van der Waals surface area contributed by atoms with Crippen LogP contribution in [0.2, 0.25) is 0 Å². The second-order valence-electron chi connectivity index (χ2n) is 7.16. The van der Waals surface area contributed by atoms with Gasteiger partial charge < -0.3 is 10.4 Å². The molecule has 30 heavy (non-hydrogen) atoms. The zero-order chi connectivity index (χ0) is 21.5. The van der Waals surface area contributed by atoms with Gasteiger partial charge in [-0.3, -0.25) is 25.2 Å². The third kappa shape index (κ3) is 5.22. The molecule has 1 saturated carbocycles. The third-order valence-electron chi connectivity index (χ3n) is 5.08. The smallest absolute Gasteiger partial charge is 0.336 e. The molecule has 3 amide bonds. The van der Waals surface area contributed by atoms with Crippen LogP contribution in [0.15, 0.2) is 48.5 Å². The van der Waals surface area contributed by atoms with Gasteiger partial charge in [0.2, 0.25) is 5.91 Å². The molecule has 3 rings (SSSR count). The van der Waals surface area contributed by atoms with Crippen molar-refractivity contribution >= 4 is 29.4 Å². The van der Waals surface area contributed by atoms with Gasteiger partial charge in [0, 0.05) is 17.2 Å². The van der Waals surface area contributed by atoms with Gasteiger partial charge in [0.05, 0.1) is 11.1 Å². The summed E-state index contributed by atoms with van der Waals surface area (Å²) >= 11 is 0. The lowest BCUT2D eigenvalue weighted by Gasteiger charge is -2.20. The van der Waals surface area contributed by atoms with Crippen molar-refractivity contribution in [2.24, 2.45) is 5.92 Å². The molecule has 4 N–H and O–H groups in total. The molecule has 0 aromatic heterocycles. The molecule has 0 saturated heterocycles. The minimum atomic E-state index is -1.24. The number of carboxylic acids is 1. The molecule has 8 nitrogen and oxygen atoms in total. The Morgan fingerprint density at radius 2 is 1.37 bits per heavy atom. The first-order valence-corrected chi connectivity index (χ1v) is 9.79. The maximum Gasteiger partial charge on any atom is 0.336 e. The number of rotatable bonds is 5. The van der Waals surface area contributed by atoms with Crippen molar-refractivity contribution in [1.29, 1.82) is 0 Å². The lowest BCUT2D eigenvalue weighted by atomic mass is 9.88. The summed E-state index contributed by atoms with van der Waals surface area (Å²) in [6, 6.07) is 12.0. The molecule has 8 heteroatoms. The number of carbonyl (C=O) groups is 4. The van der Waals surface area contributed by atoms with E-state index in [0.717, 1.165) is 25.7 Å². The maximum atomic E-state index is 12.3. The van der Waals surface area contributed by atoms with Crippen LogP contribution in [0.3, 0.4) is 0 Å². The maximum absolute atomic E-state index is 12.3. The Labute approximate surface area is 173 Å². The van der Waals surface area contributed by atoms with Crippen molar-refractivity contribution in [2.45, 2.75) is 32.1 Å². The first kappa shape index (κ1) is 21.0. The predicted molar refractivity (Wildman–Crippen MR) is 110 cm³/mol. The van der Waals surface area contributed by atoms with E-state index in [-0.39, 0.29) is 28.5 Å². The van der Waals surface area contributed by atoms with Gasteiger partial charge in [0.1, 0.15) is 0 Å². The van der Waals surface area contributed by atoms with Crippen LogP contribution in [0.4, 0.5) is 5.69 Å². The summed E-state index contributed by atoms with van der Waals surface area (Å²) in [7, 11) is 0. The first-order chi connectivity index (χ1) is 14.5. The lowest BCUT2D eigenvalue weighted by molar-refractivity contribution is -0.120. The largest absolute Gasteiger partial charge is 0.478 e. The summed E-state index contributed by atoms with van der Waals surface area (Å²) in [6.07, 6.45) is 5.11. The number of hydrogen-bond acceptors (Lipinski definition) is 4. The SMILES string of the molecule is O=C(NNC(=O)c1ccccc1C(=O)O)c1ccc(NC(=O)C2CCCCC2)cc1. The Morgan fingerprint density at radius 1 is 0.767 bits per heavy atom. The summed E-state index contributed by atoms with van der Waals surface area (Å²) in [6.45, 7) is 0. The zero-order valence-corrected chi connectivity index (χ0v) is 16.3. The normalized spacial score (nSPS) is 13.9. The molecule has 0 unspecified atom stereocenters. The minimum Gasteiger partial charge on any atom is -0.478 e. The highest BCUT2D eigenvalue weighted by Crippen LogP contribution is 2.25. The average molecular weight is 409 g/mol. The summed E-state index contributed by atoms with van der Waals surface area (Å²) in [5.41, 5.74) is 5.11. The van der Waals surface area contributed by atoms with E-state index in [0.29, 0.717) is 5.69 Å². The summed E-state index contributed by atoms with van der Waals surface area (Å²) in [5, 5.41) is 12.0. The fourth-order valence-electron chi connectivity index (χ4n) is 3.43. The van der Waals surface area contributed by atoms with E-state index < -0.39 is 17.8 Å². The number of anilines is 1. The van der Waals surface area contributed by atoms with Crippen molar-refractivity contribution in [3.63, 3.8) is 0 Å². The van der Waals surface area contributed by atoms with Crippen LogP contribution in [0.5, 0.6) is 0 Å². The van der Waals surface area contributed by atoms with Crippen molar-refractivity contribution < 1.29 is 24.3 Å². The number of nitrogens with one attached hydrogen (secondary N) is 3. The summed E-state index contributed by atoms with van der Waals surface area (Å²) in [5.74, 6) is -2.51. The molecular weight excluding hydrogens is 386 g/mol. The third-order valence-corrected chi connectivity index (χ3v) is 5.08. The van der Waals surface area contributed by atoms with Crippen molar-refractivity contribution in [1.82, 2.24) is 10.9 Å². The van der Waals surface area contributed by atoms with Crippen molar-refractivity contribution in [2.75, 3.05) is 5.32 Å². The molecule has 0 radical (unpaired) electrons. The van der Waals surface area contributed by atoms with Gasteiger partial charge in [-0.2, -0.15) is 0 Å². The Hall–Kier alpha value is -3.68. The highest BCUT2D eigenvalue weighted by molar-refractivity contribution is 6.06. The minimum absolute atomic E-state index is 0.00346. The first-order valence-electron chi connectivity index (χ1n) is 9.79. The molecule has 0 aliphatic heterocycles. The number of carboxylic acid groups (broad SMARTS) is 1. The van der Waals surface area contributed by atoms with Crippen LogP contribution in [0.25, 0.3) is 0 Å². The Kier molecular flexibility index (Phi) is 6.79. The highest BCUT2D eigenvalue weighted by atomic mass is 16.4. The van der Waals surface area contributed by atoms with Gasteiger partial charge in [-0.25, -0.2) is 4.79 Å². The monoisotopic (exact) mass is 409 g/mol. The molecule has 0 heterocycles. The molecule has 156 valence electrons. The topological polar surface area (TPSA) is 125 Å². The molecule has 2 aromatic carbocycles. The Morgan fingerprint density at radius 3 is 2.00 bits per heavy atom. The highest BCUT2D eigenvalue weighted by Gasteiger charge is 2.21. The van der Waals surface area contributed by atoms with E-state index in [1.165, 1.54) is 42.8 Å². The predicted octanol–water partition coefficient (Wildman–Crippen LogP) is 2.98. The average Bonchev–Trinajstić information content (AvgIpc) is 2.78. The van der Waals surface area contributed by atoms with Crippen LogP contribution in [0, 0.1) is 5.92 Å². The second kappa shape index (κ2) is 9.69. The molecular formula is C22H23N3O5. The second-order valence-corrected chi connectivity index (χ2v) is 7.16. The van der Waals surface area contributed by atoms with E-state index in [4.69, 9.17) is 5.11 Å². The zero-order valence-electron chi connectivity index (χ0n) is 16.3. The molecule has 0 spiro atoms. The van der Waals surface area contributed by atoms with E-state index in [1.807, 2.05) is 0 Å². The number of aromatic carboxylic acids is 1. The summed E-state index contributed by atoms with van der Waals surface area (Å²) in [4.78, 5) is 47.9. The molecule has 1 aliphatic rings. The Bertz CT molecular complexity index is 950. The van der Waals surface area contributed by atoms with E-state index in [1.54, 1.807) is 12.1 Å². The standard InChI is InChI=1S/C22H23N3O5/c26-19(14-6-2-1-3-7-14)23-16-12-10-15(11-13-16)20(27)24-25-21(28)17-8-4-5-9-18(17)22(29)30/h4-5,8-14H,1-3,6-7H2,(H,23,26)(H,24,27)(H,25,28)(H,29,30). The lowest BCUT2D eigenvalue weighted by Crippen LogP contribution is -2.42. The van der Waals surface area contributed by atoms with E-state index >= 15 is 0 Å². The van der Waals surface area contributed by atoms with Crippen molar-refractivity contribution in [3.8, 4) is 0 Å². The number of amides is 3. The van der Waals surface area contributed by atoms with E-state index in [2.05, 4.69) is 16.2 Å². The fraction of sp³-hybridized carbons (Fsp3) is 0.273. The number of carbonyl (C=O) groups excluding carboxylic acids is 3. The number of hydrogen-bond donors (Lipinski definition) is 4. The van der Waals surface area contributed by atoms with Crippen LogP contribution >= 0.6 is 0 Å². The van der Waals surface area contributed by atoms with Crippen molar-refractivity contribution in [3.05, 3.63) is 65.2 Å². The van der Waals surface area contributed by atoms with Gasteiger partial charge in [-0.05, 0) is 49.2 Å².